The van der Waals surface area contributed by atoms with Crippen LogP contribution in [0.4, 0.5) is 0 Å². The predicted molar refractivity (Wildman–Crippen MR) is 96.0 cm³/mol. The van der Waals surface area contributed by atoms with Gasteiger partial charge in [-0.1, -0.05) is 11.6 Å². The van der Waals surface area contributed by atoms with Crippen molar-refractivity contribution in [2.75, 3.05) is 6.54 Å². The Balaban J connectivity index is 1.42. The van der Waals surface area contributed by atoms with Crippen LogP contribution in [-0.4, -0.2) is 51.7 Å². The molecule has 9 nitrogen and oxygen atoms in total. The Morgan fingerprint density at radius 1 is 1.15 bits per heavy atom. The topological polar surface area (TPSA) is 94.1 Å². The zero-order chi connectivity index (χ0) is 18.4. The molecule has 0 unspecified atom stereocenters. The van der Waals surface area contributed by atoms with Crippen LogP contribution >= 0.6 is 11.6 Å². The molecule has 0 aromatic carbocycles. The third kappa shape index (κ3) is 2.72. The van der Waals surface area contributed by atoms with Gasteiger partial charge in [0.15, 0.2) is 17.3 Å². The van der Waals surface area contributed by atoms with Crippen molar-refractivity contribution in [3.05, 3.63) is 59.5 Å². The highest BCUT2D eigenvalue weighted by Crippen LogP contribution is 2.21. The molecule has 0 N–H and O–H groups in total. The third-order valence-electron chi connectivity index (χ3n) is 4.49. The van der Waals surface area contributed by atoms with Gasteiger partial charge in [0.05, 0.1) is 17.1 Å². The number of fused-ring (bicyclic) bond motifs is 2. The van der Waals surface area contributed by atoms with Crippen LogP contribution in [0.2, 0.25) is 5.02 Å². The van der Waals surface area contributed by atoms with Crippen LogP contribution < -0.4 is 0 Å². The van der Waals surface area contributed by atoms with Crippen molar-refractivity contribution in [1.29, 1.82) is 0 Å². The van der Waals surface area contributed by atoms with E-state index in [1.165, 1.54) is 6.33 Å². The Hall–Kier alpha value is -3.33. The summed E-state index contributed by atoms with van der Waals surface area (Å²) in [7, 11) is 0. The summed E-state index contributed by atoms with van der Waals surface area (Å²) in [5.41, 5.74) is 1.90. The first-order chi connectivity index (χ1) is 13.2. The van der Waals surface area contributed by atoms with Crippen molar-refractivity contribution >= 4 is 23.0 Å². The van der Waals surface area contributed by atoms with Crippen LogP contribution in [0.3, 0.4) is 0 Å². The second-order valence-corrected chi connectivity index (χ2v) is 6.60. The largest absolute Gasteiger partial charge is 0.328 e. The van der Waals surface area contributed by atoms with Gasteiger partial charge in [-0.3, -0.25) is 4.79 Å². The number of amides is 1. The van der Waals surface area contributed by atoms with Gasteiger partial charge in [-0.15, -0.1) is 10.2 Å². The molecule has 27 heavy (non-hydrogen) atoms. The second-order valence-electron chi connectivity index (χ2n) is 6.16. The van der Waals surface area contributed by atoms with Gasteiger partial charge in [-0.05, 0) is 24.3 Å². The van der Waals surface area contributed by atoms with Crippen molar-refractivity contribution in [1.82, 2.24) is 39.2 Å². The van der Waals surface area contributed by atoms with E-state index in [-0.39, 0.29) is 5.91 Å². The number of hydrogen-bond acceptors (Lipinski definition) is 6. The molecule has 5 rings (SSSR count). The molecule has 0 aliphatic carbocycles. The normalized spacial score (nSPS) is 13.7. The summed E-state index contributed by atoms with van der Waals surface area (Å²) < 4.78 is 3.59. The van der Waals surface area contributed by atoms with E-state index >= 15 is 0 Å². The molecule has 10 heteroatoms. The van der Waals surface area contributed by atoms with E-state index < -0.39 is 0 Å². The maximum Gasteiger partial charge on any atom is 0.274 e. The molecule has 4 aromatic rings. The quantitative estimate of drug-likeness (QED) is 0.525. The number of hydrogen-bond donors (Lipinski definition) is 0. The van der Waals surface area contributed by atoms with Crippen LogP contribution in [-0.2, 0) is 13.1 Å². The van der Waals surface area contributed by atoms with Gasteiger partial charge >= 0.3 is 0 Å². The first kappa shape index (κ1) is 15.9. The molecule has 134 valence electrons. The molecule has 0 radical (unpaired) electrons. The maximum absolute atomic E-state index is 12.9. The van der Waals surface area contributed by atoms with E-state index in [0.717, 1.165) is 11.3 Å². The Bertz CT molecular complexity index is 1150. The summed E-state index contributed by atoms with van der Waals surface area (Å²) in [6, 6.07) is 7.14. The number of nitrogens with zero attached hydrogens (tertiary/aromatic N) is 8. The zero-order valence-corrected chi connectivity index (χ0v) is 14.8. The molecule has 4 aromatic heterocycles. The Kier molecular flexibility index (Phi) is 3.61. The molecule has 0 saturated carbocycles. The van der Waals surface area contributed by atoms with Gasteiger partial charge in [0, 0.05) is 25.5 Å². The highest BCUT2D eigenvalue weighted by molar-refractivity contribution is 6.30. The van der Waals surface area contributed by atoms with Gasteiger partial charge in [0.25, 0.3) is 5.91 Å². The van der Waals surface area contributed by atoms with Crippen LogP contribution in [0.25, 0.3) is 17.0 Å². The first-order valence-electron chi connectivity index (χ1n) is 8.32. The number of aromatic nitrogens is 7. The molecule has 0 fully saturated rings. The monoisotopic (exact) mass is 380 g/mol. The van der Waals surface area contributed by atoms with Gasteiger partial charge in [-0.25, -0.2) is 14.5 Å². The highest BCUT2D eigenvalue weighted by Gasteiger charge is 2.27. The maximum atomic E-state index is 12.9. The van der Waals surface area contributed by atoms with E-state index in [1.807, 2.05) is 10.6 Å². The summed E-state index contributed by atoms with van der Waals surface area (Å²) >= 11 is 5.98. The molecule has 0 bridgehead atoms. The number of carbonyl (C=O) groups excluding carboxylic acids is 1. The fourth-order valence-corrected chi connectivity index (χ4v) is 3.33. The lowest BCUT2D eigenvalue weighted by atomic mass is 10.2. The fraction of sp³-hybridized carbons (Fsp3) is 0.176. The van der Waals surface area contributed by atoms with Crippen LogP contribution in [0, 0.1) is 0 Å². The molecule has 0 atom stereocenters. The molecule has 0 saturated heterocycles. The van der Waals surface area contributed by atoms with Crippen molar-refractivity contribution in [2.45, 2.75) is 13.1 Å². The van der Waals surface area contributed by atoms with Gasteiger partial charge < -0.3 is 9.47 Å². The third-order valence-corrected chi connectivity index (χ3v) is 4.72. The van der Waals surface area contributed by atoms with Crippen molar-refractivity contribution in [3.63, 3.8) is 0 Å². The van der Waals surface area contributed by atoms with Crippen molar-refractivity contribution < 1.29 is 4.79 Å². The lowest BCUT2D eigenvalue weighted by Crippen LogP contribution is -2.38. The summed E-state index contributed by atoms with van der Waals surface area (Å²) in [4.78, 5) is 22.7. The summed E-state index contributed by atoms with van der Waals surface area (Å²) in [5.74, 6) is 1.25. The van der Waals surface area contributed by atoms with Gasteiger partial charge in [-0.2, -0.15) is 5.10 Å². The molecular formula is C17H13ClN8O. The Morgan fingerprint density at radius 2 is 2.07 bits per heavy atom. The minimum atomic E-state index is -0.146. The standard InChI is InChI=1S/C17H13ClN8O/c18-11-1-2-12-7-14(23-26(12)8-11)17(27)24-5-6-25-15(9-24)21-22-16(25)13-3-4-19-10-20-13/h1-4,7-8,10H,5-6,9H2. The van der Waals surface area contributed by atoms with Gasteiger partial charge in [0.1, 0.15) is 12.0 Å². The van der Waals surface area contributed by atoms with E-state index in [9.17, 15) is 4.79 Å². The van der Waals surface area contributed by atoms with E-state index in [0.29, 0.717) is 41.9 Å². The fourth-order valence-electron chi connectivity index (χ4n) is 3.17. The van der Waals surface area contributed by atoms with Crippen molar-refractivity contribution in [2.24, 2.45) is 0 Å². The van der Waals surface area contributed by atoms with Crippen molar-refractivity contribution in [3.8, 4) is 11.5 Å². The molecule has 1 amide bonds. The first-order valence-corrected chi connectivity index (χ1v) is 8.69. The SMILES string of the molecule is O=C(c1cc2ccc(Cl)cn2n1)N1CCn2c(nnc2-c2ccncn2)C1. The smallest absolute Gasteiger partial charge is 0.274 e. The van der Waals surface area contributed by atoms with E-state index in [1.54, 1.807) is 40.0 Å². The minimum absolute atomic E-state index is 0.146. The average molecular weight is 381 g/mol. The van der Waals surface area contributed by atoms with Crippen LogP contribution in [0.5, 0.6) is 0 Å². The number of rotatable bonds is 2. The molecular weight excluding hydrogens is 368 g/mol. The lowest BCUT2D eigenvalue weighted by Gasteiger charge is -2.27. The summed E-state index contributed by atoms with van der Waals surface area (Å²) in [6.45, 7) is 1.49. The zero-order valence-electron chi connectivity index (χ0n) is 14.0. The Labute approximate surface area is 158 Å². The summed E-state index contributed by atoms with van der Waals surface area (Å²) in [6.07, 6.45) is 4.82. The van der Waals surface area contributed by atoms with Crippen LogP contribution in [0.15, 0.2) is 43.0 Å². The molecule has 1 aliphatic rings. The lowest BCUT2D eigenvalue weighted by molar-refractivity contribution is 0.0701. The van der Waals surface area contributed by atoms with Crippen LogP contribution in [0.1, 0.15) is 16.3 Å². The molecule has 5 heterocycles. The number of carbonyl (C=O) groups is 1. The van der Waals surface area contributed by atoms with Gasteiger partial charge in [0.2, 0.25) is 0 Å². The molecule has 1 aliphatic heterocycles. The average Bonchev–Trinajstić information content (AvgIpc) is 3.31. The predicted octanol–water partition coefficient (Wildman–Crippen LogP) is 1.69. The number of pyridine rings is 1. The highest BCUT2D eigenvalue weighted by atomic mass is 35.5. The molecule has 0 spiro atoms. The number of halogens is 1. The summed E-state index contributed by atoms with van der Waals surface area (Å²) in [5, 5.41) is 13.4. The van der Waals surface area contributed by atoms with E-state index in [2.05, 4.69) is 25.3 Å². The van der Waals surface area contributed by atoms with E-state index in [4.69, 9.17) is 11.6 Å². The minimum Gasteiger partial charge on any atom is -0.328 e. The Morgan fingerprint density at radius 3 is 2.93 bits per heavy atom. The second kappa shape index (κ2) is 6.13.